The summed E-state index contributed by atoms with van der Waals surface area (Å²) in [6.07, 6.45) is -4.52. The fourth-order valence-electron chi connectivity index (χ4n) is 3.46. The first-order chi connectivity index (χ1) is 11.5. The maximum Gasteiger partial charge on any atom is 0.406 e. The highest BCUT2D eigenvalue weighted by Crippen LogP contribution is 2.58. The van der Waals surface area contributed by atoms with Gasteiger partial charge in [0.15, 0.2) is 0 Å². The number of benzene rings is 3. The molecule has 0 saturated heterocycles. The zero-order chi connectivity index (χ0) is 16.8. The third kappa shape index (κ3) is 1.89. The largest absolute Gasteiger partial charge is 0.457 e. The molecule has 3 aromatic rings. The smallest absolute Gasteiger partial charge is 0.406 e. The molecule has 0 aliphatic carbocycles. The third-order valence-electron chi connectivity index (χ3n) is 4.43. The van der Waals surface area contributed by atoms with Crippen molar-refractivity contribution < 1.29 is 17.9 Å². The van der Waals surface area contributed by atoms with Crippen LogP contribution in [0.25, 0.3) is 0 Å². The number of para-hydroxylation sites is 2. The summed E-state index contributed by atoms with van der Waals surface area (Å²) in [4.78, 5) is 0. The number of ether oxygens (including phenoxy) is 1. The monoisotopic (exact) mass is 326 g/mol. The van der Waals surface area contributed by atoms with Gasteiger partial charge in [0, 0.05) is 11.1 Å². The maximum atomic E-state index is 14.6. The number of alkyl halides is 3. The number of hydrogen-bond acceptors (Lipinski definition) is 1. The first kappa shape index (κ1) is 14.8. The van der Waals surface area contributed by atoms with Gasteiger partial charge in [-0.1, -0.05) is 66.7 Å². The minimum atomic E-state index is -4.52. The standard InChI is InChI=1S/C20H13F3O/c21-20(22,23)19(14-8-2-1-3-9-14)15-10-4-6-12-17(15)24-18-13-7-5-11-16(18)19/h1-13H. The van der Waals surface area contributed by atoms with Gasteiger partial charge in [0.25, 0.3) is 0 Å². The van der Waals surface area contributed by atoms with Crippen molar-refractivity contribution in [2.75, 3.05) is 0 Å². The normalized spacial score (nSPS) is 15.1. The van der Waals surface area contributed by atoms with Gasteiger partial charge in [-0.2, -0.15) is 13.2 Å². The van der Waals surface area contributed by atoms with Crippen molar-refractivity contribution in [3.8, 4) is 11.5 Å². The first-order valence-corrected chi connectivity index (χ1v) is 7.54. The number of hydrogen-bond donors (Lipinski definition) is 0. The minimum absolute atomic E-state index is 0.113. The summed E-state index contributed by atoms with van der Waals surface area (Å²) < 4.78 is 49.5. The Morgan fingerprint density at radius 2 is 1.08 bits per heavy atom. The van der Waals surface area contributed by atoms with Crippen LogP contribution >= 0.6 is 0 Å². The van der Waals surface area contributed by atoms with E-state index in [1.54, 1.807) is 54.6 Å². The van der Waals surface area contributed by atoms with Gasteiger partial charge >= 0.3 is 6.18 Å². The van der Waals surface area contributed by atoms with Crippen molar-refractivity contribution in [1.82, 2.24) is 0 Å². The molecule has 0 amide bonds. The van der Waals surface area contributed by atoms with Crippen molar-refractivity contribution in [2.24, 2.45) is 0 Å². The summed E-state index contributed by atoms with van der Waals surface area (Å²) >= 11 is 0. The molecule has 0 aromatic heterocycles. The van der Waals surface area contributed by atoms with E-state index in [1.807, 2.05) is 0 Å². The Kier molecular flexibility index (Phi) is 3.17. The summed E-state index contributed by atoms with van der Waals surface area (Å²) in [7, 11) is 0. The minimum Gasteiger partial charge on any atom is -0.457 e. The molecular formula is C20H13F3O. The SMILES string of the molecule is FC(F)(F)C1(c2ccccc2)c2ccccc2Oc2ccccc21. The maximum absolute atomic E-state index is 14.6. The summed E-state index contributed by atoms with van der Waals surface area (Å²) in [5.41, 5.74) is -1.84. The molecule has 4 rings (SSSR count). The summed E-state index contributed by atoms with van der Waals surface area (Å²) in [5.74, 6) is 0.467. The van der Waals surface area contributed by atoms with Gasteiger partial charge in [-0.05, 0) is 17.7 Å². The van der Waals surface area contributed by atoms with Crippen LogP contribution in [0.5, 0.6) is 11.5 Å². The second-order valence-electron chi connectivity index (χ2n) is 5.71. The van der Waals surface area contributed by atoms with Crippen molar-refractivity contribution in [3.63, 3.8) is 0 Å². The van der Waals surface area contributed by atoms with Gasteiger partial charge in [0.2, 0.25) is 0 Å². The summed E-state index contributed by atoms with van der Waals surface area (Å²) in [6.45, 7) is 0. The fourth-order valence-corrected chi connectivity index (χ4v) is 3.46. The number of halogens is 3. The molecule has 120 valence electrons. The van der Waals surface area contributed by atoms with Gasteiger partial charge in [0.05, 0.1) is 0 Å². The quantitative estimate of drug-likeness (QED) is 0.558. The Bertz CT molecular complexity index is 839. The topological polar surface area (TPSA) is 9.23 Å². The summed E-state index contributed by atoms with van der Waals surface area (Å²) in [5, 5.41) is 0. The molecule has 4 heteroatoms. The van der Waals surface area contributed by atoms with E-state index in [2.05, 4.69) is 0 Å². The lowest BCUT2D eigenvalue weighted by Gasteiger charge is -2.41. The molecule has 0 fully saturated rings. The second-order valence-corrected chi connectivity index (χ2v) is 5.71. The van der Waals surface area contributed by atoms with E-state index in [9.17, 15) is 13.2 Å². The van der Waals surface area contributed by atoms with Crippen LogP contribution < -0.4 is 4.74 Å². The van der Waals surface area contributed by atoms with Gasteiger partial charge < -0.3 is 4.74 Å². The van der Waals surface area contributed by atoms with Crippen LogP contribution in [-0.2, 0) is 5.41 Å². The zero-order valence-corrected chi connectivity index (χ0v) is 12.5. The summed E-state index contributed by atoms with van der Waals surface area (Å²) in [6, 6.07) is 20.7. The van der Waals surface area contributed by atoms with Crippen molar-refractivity contribution in [2.45, 2.75) is 11.6 Å². The Balaban J connectivity index is 2.17. The Hall–Kier alpha value is -2.75. The molecule has 0 radical (unpaired) electrons. The Morgan fingerprint density at radius 3 is 1.58 bits per heavy atom. The highest BCUT2D eigenvalue weighted by atomic mass is 19.4. The Labute approximate surface area is 137 Å². The number of fused-ring (bicyclic) bond motifs is 2. The molecule has 0 saturated carbocycles. The second kappa shape index (κ2) is 5.13. The highest BCUT2D eigenvalue weighted by molar-refractivity contribution is 5.64. The van der Waals surface area contributed by atoms with E-state index in [-0.39, 0.29) is 28.2 Å². The number of rotatable bonds is 1. The molecule has 1 aliphatic heterocycles. The van der Waals surface area contributed by atoms with E-state index >= 15 is 0 Å². The van der Waals surface area contributed by atoms with Crippen LogP contribution in [0, 0.1) is 0 Å². The van der Waals surface area contributed by atoms with Crippen LogP contribution in [0.2, 0.25) is 0 Å². The lowest BCUT2D eigenvalue weighted by Crippen LogP contribution is -2.46. The molecule has 1 heterocycles. The average Bonchev–Trinajstić information content (AvgIpc) is 2.59. The molecule has 0 spiro atoms. The molecule has 0 unspecified atom stereocenters. The van der Waals surface area contributed by atoms with Crippen molar-refractivity contribution >= 4 is 0 Å². The predicted molar refractivity (Wildman–Crippen MR) is 85.3 cm³/mol. The van der Waals surface area contributed by atoms with Gasteiger partial charge in [-0.25, -0.2) is 0 Å². The third-order valence-corrected chi connectivity index (χ3v) is 4.43. The molecule has 0 bridgehead atoms. The lowest BCUT2D eigenvalue weighted by atomic mass is 9.67. The van der Waals surface area contributed by atoms with Gasteiger partial charge in [-0.3, -0.25) is 0 Å². The Morgan fingerprint density at radius 1 is 0.625 bits per heavy atom. The van der Waals surface area contributed by atoms with Gasteiger partial charge in [-0.15, -0.1) is 0 Å². The molecule has 0 atom stereocenters. The predicted octanol–water partition coefficient (Wildman–Crippen LogP) is 5.69. The van der Waals surface area contributed by atoms with Crippen LogP contribution in [0.4, 0.5) is 13.2 Å². The first-order valence-electron chi connectivity index (χ1n) is 7.54. The molecule has 1 aliphatic rings. The molecule has 3 aromatic carbocycles. The molecule has 0 N–H and O–H groups in total. The van der Waals surface area contributed by atoms with E-state index < -0.39 is 11.6 Å². The fraction of sp³-hybridized carbons (Fsp3) is 0.100. The van der Waals surface area contributed by atoms with Crippen molar-refractivity contribution in [3.05, 3.63) is 95.6 Å². The molecular weight excluding hydrogens is 313 g/mol. The van der Waals surface area contributed by atoms with Crippen LogP contribution in [-0.4, -0.2) is 6.18 Å². The van der Waals surface area contributed by atoms with E-state index in [4.69, 9.17) is 4.74 Å². The van der Waals surface area contributed by atoms with Crippen LogP contribution in [0.3, 0.4) is 0 Å². The van der Waals surface area contributed by atoms with Crippen molar-refractivity contribution in [1.29, 1.82) is 0 Å². The highest BCUT2D eigenvalue weighted by Gasteiger charge is 2.61. The zero-order valence-electron chi connectivity index (χ0n) is 12.5. The lowest BCUT2D eigenvalue weighted by molar-refractivity contribution is -0.168. The van der Waals surface area contributed by atoms with E-state index in [1.165, 1.54) is 24.3 Å². The molecule has 24 heavy (non-hydrogen) atoms. The van der Waals surface area contributed by atoms with E-state index in [0.717, 1.165) is 0 Å². The van der Waals surface area contributed by atoms with Gasteiger partial charge in [0.1, 0.15) is 16.9 Å². The van der Waals surface area contributed by atoms with E-state index in [0.29, 0.717) is 0 Å². The average molecular weight is 326 g/mol. The molecule has 1 nitrogen and oxygen atoms in total. The van der Waals surface area contributed by atoms with Crippen LogP contribution in [0.1, 0.15) is 16.7 Å². The van der Waals surface area contributed by atoms with Crippen LogP contribution in [0.15, 0.2) is 78.9 Å².